The maximum atomic E-state index is 5.33. The van der Waals surface area contributed by atoms with E-state index in [4.69, 9.17) is 4.74 Å². The Morgan fingerprint density at radius 1 is 1.22 bits per heavy atom. The zero-order valence-electron chi connectivity index (χ0n) is 5.68. The van der Waals surface area contributed by atoms with E-state index in [0.717, 1.165) is 25.7 Å². The second-order valence-electron chi connectivity index (χ2n) is 3.03. The molecule has 0 spiro atoms. The summed E-state index contributed by atoms with van der Waals surface area (Å²) >= 11 is 0. The molecule has 0 aliphatic carbocycles. The van der Waals surface area contributed by atoms with Gasteiger partial charge in [0.25, 0.3) is 0 Å². The van der Waals surface area contributed by atoms with Crippen LogP contribution in [0.5, 0.6) is 0 Å². The molecular formula is C7H13NO. The van der Waals surface area contributed by atoms with E-state index in [1.54, 1.807) is 0 Å². The Labute approximate surface area is 55.8 Å². The summed E-state index contributed by atoms with van der Waals surface area (Å²) in [5, 5.41) is 0. The molecular weight excluding hydrogens is 114 g/mol. The first-order chi connectivity index (χ1) is 4.45. The van der Waals surface area contributed by atoms with Crippen LogP contribution in [0.3, 0.4) is 0 Å². The number of fused-ring (bicyclic) bond motifs is 4. The van der Waals surface area contributed by atoms with E-state index in [2.05, 4.69) is 4.90 Å². The Balaban J connectivity index is 1.85. The monoisotopic (exact) mass is 127 g/mol. The molecule has 3 fully saturated rings. The largest absolute Gasteiger partial charge is 0.380 e. The molecule has 3 heterocycles. The number of rotatable bonds is 0. The molecule has 0 aromatic carbocycles. The van der Waals surface area contributed by atoms with Crippen molar-refractivity contribution in [1.82, 2.24) is 4.90 Å². The lowest BCUT2D eigenvalue weighted by molar-refractivity contribution is -0.00313. The maximum absolute atomic E-state index is 5.33. The van der Waals surface area contributed by atoms with Crippen LogP contribution in [0.1, 0.15) is 6.42 Å². The third-order valence-corrected chi connectivity index (χ3v) is 2.26. The van der Waals surface area contributed by atoms with Crippen LogP contribution in [0.25, 0.3) is 0 Å². The van der Waals surface area contributed by atoms with Crippen molar-refractivity contribution in [3.63, 3.8) is 0 Å². The van der Waals surface area contributed by atoms with Crippen molar-refractivity contribution in [2.75, 3.05) is 32.8 Å². The summed E-state index contributed by atoms with van der Waals surface area (Å²) in [4.78, 5) is 2.46. The van der Waals surface area contributed by atoms with E-state index in [1.165, 1.54) is 19.5 Å². The molecule has 3 aliphatic heterocycles. The highest BCUT2D eigenvalue weighted by Crippen LogP contribution is 2.19. The van der Waals surface area contributed by atoms with Crippen LogP contribution in [-0.2, 0) is 4.74 Å². The molecule has 0 saturated carbocycles. The van der Waals surface area contributed by atoms with Gasteiger partial charge in [0.15, 0.2) is 0 Å². The molecule has 9 heavy (non-hydrogen) atoms. The first kappa shape index (κ1) is 5.69. The van der Waals surface area contributed by atoms with Gasteiger partial charge in [0, 0.05) is 26.2 Å². The molecule has 3 rings (SSSR count). The van der Waals surface area contributed by atoms with Crippen LogP contribution < -0.4 is 0 Å². The predicted octanol–water partition coefficient (Wildman–Crippen LogP) is 0.339. The maximum Gasteiger partial charge on any atom is 0.0593 e. The van der Waals surface area contributed by atoms with Crippen LogP contribution in [0.4, 0.5) is 0 Å². The lowest BCUT2D eigenvalue weighted by Gasteiger charge is -2.41. The highest BCUT2D eigenvalue weighted by atomic mass is 16.5. The van der Waals surface area contributed by atoms with Gasteiger partial charge >= 0.3 is 0 Å². The Bertz CT molecular complexity index is 83.6. The van der Waals surface area contributed by atoms with Crippen molar-refractivity contribution in [1.29, 1.82) is 0 Å². The van der Waals surface area contributed by atoms with Gasteiger partial charge in [0.1, 0.15) is 0 Å². The fourth-order valence-electron chi connectivity index (χ4n) is 1.59. The smallest absolute Gasteiger partial charge is 0.0593 e. The first-order valence-electron chi connectivity index (χ1n) is 3.75. The Kier molecular flexibility index (Phi) is 1.44. The number of hydrogen-bond acceptors (Lipinski definition) is 2. The van der Waals surface area contributed by atoms with Gasteiger partial charge in [-0.2, -0.15) is 0 Å². The van der Waals surface area contributed by atoms with E-state index in [-0.39, 0.29) is 0 Å². The first-order valence-corrected chi connectivity index (χ1v) is 3.75. The van der Waals surface area contributed by atoms with Crippen molar-refractivity contribution >= 4 is 0 Å². The van der Waals surface area contributed by atoms with Gasteiger partial charge in [0.05, 0.1) is 6.61 Å². The van der Waals surface area contributed by atoms with E-state index < -0.39 is 0 Å². The standard InChI is InChI=1S/C7H13NO/c1-3-9-4-2-8-5-7(1)6-8/h7H,1-6H2. The zero-order chi connectivity index (χ0) is 6.10. The molecule has 2 bridgehead atoms. The zero-order valence-corrected chi connectivity index (χ0v) is 5.68. The average molecular weight is 127 g/mol. The molecule has 52 valence electrons. The normalized spacial score (nSPS) is 42.7. The van der Waals surface area contributed by atoms with Gasteiger partial charge in [-0.25, -0.2) is 0 Å². The molecule has 0 N–H and O–H groups in total. The van der Waals surface area contributed by atoms with Crippen molar-refractivity contribution in [2.24, 2.45) is 5.92 Å². The second kappa shape index (κ2) is 2.27. The number of ether oxygens (including phenoxy) is 1. The molecule has 0 unspecified atom stereocenters. The summed E-state index contributed by atoms with van der Waals surface area (Å²) in [5.74, 6) is 0.963. The minimum Gasteiger partial charge on any atom is -0.380 e. The van der Waals surface area contributed by atoms with Gasteiger partial charge in [-0.1, -0.05) is 0 Å². The summed E-state index contributed by atoms with van der Waals surface area (Å²) in [6.45, 7) is 5.79. The molecule has 0 aromatic rings. The minimum atomic E-state index is 0.951. The van der Waals surface area contributed by atoms with Crippen LogP contribution in [0.2, 0.25) is 0 Å². The van der Waals surface area contributed by atoms with Crippen LogP contribution in [-0.4, -0.2) is 37.7 Å². The van der Waals surface area contributed by atoms with Gasteiger partial charge < -0.3 is 9.64 Å². The molecule has 0 amide bonds. The van der Waals surface area contributed by atoms with Crippen molar-refractivity contribution in [2.45, 2.75) is 6.42 Å². The Morgan fingerprint density at radius 2 is 2.11 bits per heavy atom. The summed E-state index contributed by atoms with van der Waals surface area (Å²) < 4.78 is 5.33. The quantitative estimate of drug-likeness (QED) is 0.465. The van der Waals surface area contributed by atoms with Gasteiger partial charge in [0.2, 0.25) is 0 Å². The third kappa shape index (κ3) is 1.10. The van der Waals surface area contributed by atoms with Crippen molar-refractivity contribution in [3.8, 4) is 0 Å². The topological polar surface area (TPSA) is 12.5 Å². The molecule has 0 aromatic heterocycles. The van der Waals surface area contributed by atoms with Crippen LogP contribution >= 0.6 is 0 Å². The fourth-order valence-corrected chi connectivity index (χ4v) is 1.59. The molecule has 2 heteroatoms. The highest BCUT2D eigenvalue weighted by Gasteiger charge is 2.27. The van der Waals surface area contributed by atoms with Crippen molar-refractivity contribution < 1.29 is 4.74 Å². The van der Waals surface area contributed by atoms with Crippen LogP contribution in [0.15, 0.2) is 0 Å². The average Bonchev–Trinajstić information content (AvgIpc) is 1.54. The van der Waals surface area contributed by atoms with E-state index in [9.17, 15) is 0 Å². The SMILES string of the molecule is C1CC2CN(CCO1)C2. The van der Waals surface area contributed by atoms with Crippen LogP contribution in [0, 0.1) is 5.92 Å². The lowest BCUT2D eigenvalue weighted by Crippen LogP contribution is -2.49. The summed E-state index contributed by atoms with van der Waals surface area (Å²) in [5.41, 5.74) is 0. The Morgan fingerprint density at radius 3 is 3.00 bits per heavy atom. The minimum absolute atomic E-state index is 0.951. The lowest BCUT2D eigenvalue weighted by atomic mass is 9.96. The fraction of sp³-hybridized carbons (Fsp3) is 1.00. The third-order valence-electron chi connectivity index (χ3n) is 2.26. The van der Waals surface area contributed by atoms with Crippen molar-refractivity contribution in [3.05, 3.63) is 0 Å². The summed E-state index contributed by atoms with van der Waals surface area (Å²) in [7, 11) is 0. The van der Waals surface area contributed by atoms with Gasteiger partial charge in [-0.3, -0.25) is 0 Å². The number of nitrogens with zero attached hydrogens (tertiary/aromatic N) is 1. The van der Waals surface area contributed by atoms with E-state index in [1.807, 2.05) is 0 Å². The molecule has 3 saturated heterocycles. The molecule has 0 atom stereocenters. The molecule has 2 nitrogen and oxygen atoms in total. The molecule has 3 aliphatic rings. The van der Waals surface area contributed by atoms with E-state index in [0.29, 0.717) is 0 Å². The Hall–Kier alpha value is -0.0800. The van der Waals surface area contributed by atoms with Gasteiger partial charge in [-0.05, 0) is 12.3 Å². The summed E-state index contributed by atoms with van der Waals surface area (Å²) in [6, 6.07) is 0. The highest BCUT2D eigenvalue weighted by molar-refractivity contribution is 4.80. The predicted molar refractivity (Wildman–Crippen MR) is 35.4 cm³/mol. The second-order valence-corrected chi connectivity index (χ2v) is 3.03. The summed E-state index contributed by atoms with van der Waals surface area (Å²) in [6.07, 6.45) is 1.29. The molecule has 0 radical (unpaired) electrons. The van der Waals surface area contributed by atoms with Gasteiger partial charge in [-0.15, -0.1) is 0 Å². The van der Waals surface area contributed by atoms with E-state index >= 15 is 0 Å². The number of hydrogen-bond donors (Lipinski definition) is 0.